The number of hydrogen-bond acceptors (Lipinski definition) is 6. The minimum atomic E-state index is 0.145. The third-order valence-electron chi connectivity index (χ3n) is 4.12. The van der Waals surface area contributed by atoms with Crippen molar-refractivity contribution < 1.29 is 9.53 Å². The van der Waals surface area contributed by atoms with Crippen LogP contribution >= 0.6 is 0 Å². The topological polar surface area (TPSA) is 95.0 Å². The summed E-state index contributed by atoms with van der Waals surface area (Å²) in [6.07, 6.45) is 3.90. The second-order valence-corrected chi connectivity index (χ2v) is 6.17. The zero-order chi connectivity index (χ0) is 18.8. The number of aromatic nitrogens is 2. The number of ether oxygens (including phenoxy) is 1. The second-order valence-electron chi connectivity index (χ2n) is 6.17. The normalized spacial score (nSPS) is 16.3. The number of piperazine rings is 1. The molecule has 9 nitrogen and oxygen atoms in total. The number of carbonyl (C=O) groups is 1. The smallest absolute Gasteiger partial charge is 0.225 e. The Hall–Kier alpha value is -2.42. The maximum Gasteiger partial charge on any atom is 0.225 e. The van der Waals surface area contributed by atoms with Gasteiger partial charge in [-0.05, 0) is 13.0 Å². The number of guanidine groups is 1. The SMILES string of the molecule is CN=C(NCCC(=O)N1CCN(c2ncccn2)CC1)NC(C)COC. The van der Waals surface area contributed by atoms with E-state index in [0.717, 1.165) is 19.0 Å². The maximum atomic E-state index is 12.4. The molecule has 1 atom stereocenters. The number of anilines is 1. The molecular formula is C17H29N7O2. The van der Waals surface area contributed by atoms with E-state index in [1.165, 1.54) is 0 Å². The van der Waals surface area contributed by atoms with Crippen molar-refractivity contribution in [3.8, 4) is 0 Å². The number of nitrogens with zero attached hydrogens (tertiary/aromatic N) is 5. The number of rotatable bonds is 7. The fourth-order valence-electron chi connectivity index (χ4n) is 2.78. The Balaban J connectivity index is 1.69. The monoisotopic (exact) mass is 363 g/mol. The molecule has 0 bridgehead atoms. The van der Waals surface area contributed by atoms with Crippen LogP contribution < -0.4 is 15.5 Å². The third kappa shape index (κ3) is 6.14. The molecule has 0 spiro atoms. The van der Waals surface area contributed by atoms with Gasteiger partial charge in [-0.2, -0.15) is 0 Å². The highest BCUT2D eigenvalue weighted by Crippen LogP contribution is 2.10. The summed E-state index contributed by atoms with van der Waals surface area (Å²) in [4.78, 5) is 29.1. The molecular weight excluding hydrogens is 334 g/mol. The molecule has 1 aromatic heterocycles. The number of nitrogens with one attached hydrogen (secondary N) is 2. The largest absolute Gasteiger partial charge is 0.383 e. The molecule has 26 heavy (non-hydrogen) atoms. The van der Waals surface area contributed by atoms with E-state index >= 15 is 0 Å². The van der Waals surface area contributed by atoms with Crippen LogP contribution in [0.25, 0.3) is 0 Å². The Morgan fingerprint density at radius 1 is 1.31 bits per heavy atom. The van der Waals surface area contributed by atoms with Crippen LogP contribution in [0.4, 0.5) is 5.95 Å². The van der Waals surface area contributed by atoms with E-state index in [1.807, 2.05) is 11.8 Å². The molecule has 2 N–H and O–H groups in total. The van der Waals surface area contributed by atoms with Gasteiger partial charge in [0.05, 0.1) is 6.61 Å². The molecule has 1 aliphatic rings. The number of methoxy groups -OCH3 is 1. The number of hydrogen-bond donors (Lipinski definition) is 2. The quantitative estimate of drug-likeness (QED) is 0.508. The van der Waals surface area contributed by atoms with Gasteiger partial charge in [0.2, 0.25) is 11.9 Å². The van der Waals surface area contributed by atoms with Crippen molar-refractivity contribution in [2.75, 3.05) is 58.4 Å². The Labute approximate surface area is 154 Å². The van der Waals surface area contributed by atoms with E-state index in [-0.39, 0.29) is 11.9 Å². The highest BCUT2D eigenvalue weighted by Gasteiger charge is 2.22. The minimum Gasteiger partial charge on any atom is -0.383 e. The zero-order valence-corrected chi connectivity index (χ0v) is 15.8. The lowest BCUT2D eigenvalue weighted by Crippen LogP contribution is -2.50. The summed E-state index contributed by atoms with van der Waals surface area (Å²) < 4.78 is 5.09. The highest BCUT2D eigenvalue weighted by atomic mass is 16.5. The average Bonchev–Trinajstić information content (AvgIpc) is 2.68. The Morgan fingerprint density at radius 2 is 2.00 bits per heavy atom. The Morgan fingerprint density at radius 3 is 2.62 bits per heavy atom. The molecule has 9 heteroatoms. The molecule has 0 aliphatic carbocycles. The first-order valence-corrected chi connectivity index (χ1v) is 8.90. The van der Waals surface area contributed by atoms with E-state index in [2.05, 4.69) is 30.5 Å². The molecule has 1 fully saturated rings. The summed E-state index contributed by atoms with van der Waals surface area (Å²) in [7, 11) is 3.37. The van der Waals surface area contributed by atoms with Crippen LogP contribution in [0.3, 0.4) is 0 Å². The molecule has 1 unspecified atom stereocenters. The van der Waals surface area contributed by atoms with Crippen LogP contribution in [0.15, 0.2) is 23.5 Å². The minimum absolute atomic E-state index is 0.145. The summed E-state index contributed by atoms with van der Waals surface area (Å²) in [5, 5.41) is 6.38. The van der Waals surface area contributed by atoms with E-state index in [4.69, 9.17) is 4.74 Å². The van der Waals surface area contributed by atoms with Crippen molar-refractivity contribution in [3.63, 3.8) is 0 Å². The number of amides is 1. The van der Waals surface area contributed by atoms with E-state index < -0.39 is 0 Å². The van der Waals surface area contributed by atoms with Crippen LogP contribution in [0.5, 0.6) is 0 Å². The summed E-state index contributed by atoms with van der Waals surface area (Å²) in [6.45, 7) is 6.03. The van der Waals surface area contributed by atoms with Crippen molar-refractivity contribution in [1.29, 1.82) is 0 Å². The van der Waals surface area contributed by atoms with Crippen molar-refractivity contribution in [2.24, 2.45) is 4.99 Å². The number of carbonyl (C=O) groups excluding carboxylic acids is 1. The van der Waals surface area contributed by atoms with Gasteiger partial charge in [-0.3, -0.25) is 9.79 Å². The van der Waals surface area contributed by atoms with Gasteiger partial charge in [0.1, 0.15) is 0 Å². The molecule has 0 aromatic carbocycles. The molecule has 1 aromatic rings. The molecule has 1 amide bonds. The summed E-state index contributed by atoms with van der Waals surface area (Å²) in [5.74, 6) is 1.54. The first-order valence-electron chi connectivity index (χ1n) is 8.90. The Kier molecular flexibility index (Phi) is 8.07. The first kappa shape index (κ1) is 19.9. The predicted octanol–water partition coefficient (Wildman–Crippen LogP) is -0.285. The fourth-order valence-corrected chi connectivity index (χ4v) is 2.78. The van der Waals surface area contributed by atoms with Crippen molar-refractivity contribution in [3.05, 3.63) is 18.5 Å². The van der Waals surface area contributed by atoms with Crippen LogP contribution in [0.1, 0.15) is 13.3 Å². The molecule has 0 radical (unpaired) electrons. The lowest BCUT2D eigenvalue weighted by molar-refractivity contribution is -0.131. The van der Waals surface area contributed by atoms with E-state index in [9.17, 15) is 4.79 Å². The predicted molar refractivity (Wildman–Crippen MR) is 101 cm³/mol. The van der Waals surface area contributed by atoms with Gasteiger partial charge in [-0.15, -0.1) is 0 Å². The number of aliphatic imine (C=N–C) groups is 1. The lowest BCUT2D eigenvalue weighted by Gasteiger charge is -2.34. The average molecular weight is 363 g/mol. The van der Waals surface area contributed by atoms with Gasteiger partial charge in [-0.25, -0.2) is 9.97 Å². The van der Waals surface area contributed by atoms with Crippen molar-refractivity contribution in [1.82, 2.24) is 25.5 Å². The first-order chi connectivity index (χ1) is 12.6. The molecule has 144 valence electrons. The van der Waals surface area contributed by atoms with Crippen molar-refractivity contribution >= 4 is 17.8 Å². The third-order valence-corrected chi connectivity index (χ3v) is 4.12. The lowest BCUT2D eigenvalue weighted by atomic mass is 10.3. The Bertz CT molecular complexity index is 574. The van der Waals surface area contributed by atoms with Crippen molar-refractivity contribution in [2.45, 2.75) is 19.4 Å². The standard InChI is InChI=1S/C17H29N7O2/c1-14(13-26-3)22-16(18-2)19-8-5-15(25)23-9-11-24(12-10-23)17-20-6-4-7-21-17/h4,6-7,14H,5,8-13H2,1-3H3,(H2,18,19,22). The molecule has 1 saturated heterocycles. The van der Waals surface area contributed by atoms with Crippen LogP contribution in [0, 0.1) is 0 Å². The van der Waals surface area contributed by atoms with Crippen LogP contribution in [-0.2, 0) is 9.53 Å². The van der Waals surface area contributed by atoms with Gasteiger partial charge < -0.3 is 25.2 Å². The molecule has 2 heterocycles. The second kappa shape index (κ2) is 10.5. The molecule has 1 aliphatic heterocycles. The van der Waals surface area contributed by atoms with E-state index in [1.54, 1.807) is 32.6 Å². The zero-order valence-electron chi connectivity index (χ0n) is 15.8. The summed E-state index contributed by atoms with van der Waals surface area (Å²) in [6, 6.07) is 1.95. The molecule has 0 saturated carbocycles. The van der Waals surface area contributed by atoms with Gasteiger partial charge in [-0.1, -0.05) is 0 Å². The van der Waals surface area contributed by atoms with Gasteiger partial charge >= 0.3 is 0 Å². The van der Waals surface area contributed by atoms with Gasteiger partial charge in [0.25, 0.3) is 0 Å². The fraction of sp³-hybridized carbons (Fsp3) is 0.647. The van der Waals surface area contributed by atoms with Gasteiger partial charge in [0.15, 0.2) is 5.96 Å². The highest BCUT2D eigenvalue weighted by molar-refractivity contribution is 5.81. The van der Waals surface area contributed by atoms with Gasteiger partial charge in [0, 0.05) is 71.7 Å². The van der Waals surface area contributed by atoms with Crippen LogP contribution in [0.2, 0.25) is 0 Å². The van der Waals surface area contributed by atoms with Crippen LogP contribution in [-0.4, -0.2) is 86.3 Å². The molecule has 2 rings (SSSR count). The maximum absolute atomic E-state index is 12.4. The summed E-state index contributed by atoms with van der Waals surface area (Å²) in [5.41, 5.74) is 0. The summed E-state index contributed by atoms with van der Waals surface area (Å²) >= 11 is 0. The van der Waals surface area contributed by atoms with E-state index in [0.29, 0.717) is 38.6 Å².